The number of carbonyl (C=O) groups excluding carboxylic acids is 1. The molecule has 0 bridgehead atoms. The van der Waals surface area contributed by atoms with Crippen LogP contribution in [0.3, 0.4) is 0 Å². The maximum atomic E-state index is 13.3. The van der Waals surface area contributed by atoms with Crippen molar-refractivity contribution in [3.63, 3.8) is 0 Å². The summed E-state index contributed by atoms with van der Waals surface area (Å²) in [6, 6.07) is 1.03. The fourth-order valence-corrected chi connectivity index (χ4v) is 11.2. The van der Waals surface area contributed by atoms with Gasteiger partial charge in [0.1, 0.15) is 8.42 Å². The SMILES string of the molecule is CCCCC[C@H](O)/C=C/[C@@H]1[C@@H](C/C=C\CCCC(=O)OCCC=NS(=O)(=O)c2cc3c(s2)S(=O)(=O)N(CCCOC)C[C@@H]3NCC)[C@@H](O)C[C@H]1O. The van der Waals surface area contributed by atoms with Crippen molar-refractivity contribution < 1.29 is 46.4 Å². The van der Waals surface area contributed by atoms with E-state index in [2.05, 4.69) is 16.6 Å². The van der Waals surface area contributed by atoms with Crippen molar-refractivity contribution in [3.8, 4) is 0 Å². The molecule has 0 amide bonds. The number of thiophene rings is 1. The Balaban J connectivity index is 1.42. The Labute approximate surface area is 307 Å². The van der Waals surface area contributed by atoms with Crippen molar-refractivity contribution in [2.75, 3.05) is 40.0 Å². The average Bonchev–Trinajstić information content (AvgIpc) is 3.66. The number of aliphatic hydroxyl groups excluding tert-OH is 3. The number of ether oxygens (including phenoxy) is 2. The molecule has 51 heavy (non-hydrogen) atoms. The molecule has 13 nitrogen and oxygen atoms in total. The van der Waals surface area contributed by atoms with Gasteiger partial charge in [0, 0.05) is 69.8 Å². The van der Waals surface area contributed by atoms with E-state index in [9.17, 15) is 36.9 Å². The van der Waals surface area contributed by atoms with Crippen LogP contribution in [0.2, 0.25) is 0 Å². The van der Waals surface area contributed by atoms with Gasteiger partial charge in [-0.2, -0.15) is 17.1 Å². The molecule has 1 aliphatic heterocycles. The highest BCUT2D eigenvalue weighted by molar-refractivity contribution is 7.94. The lowest BCUT2D eigenvalue weighted by Gasteiger charge is -2.32. The standard InChI is InChI=1S/C35H57N3O10S3/c1-4-6-9-14-26(39)17-18-28-27(31(40)24-32(28)41)15-10-7-8-11-16-33(42)48-22-12-19-37-50(43,44)34-23-29-30(36-5-2)25-38(20-13-21-47-3)51(45,46)35(29)49-34/h7,10,17-19,23,26-28,30-32,36,39-41H,4-6,8-9,11-16,20-22,24-25H2,1-3H3/b10-7-,18-17+,37-19?/t26-,27+,28+,30-,31-,32+/m0/s1. The smallest absolute Gasteiger partial charge is 0.305 e. The quantitative estimate of drug-likeness (QED) is 0.0542. The summed E-state index contributed by atoms with van der Waals surface area (Å²) in [6.45, 7) is 5.38. The number of sulfonamides is 2. The molecule has 2 heterocycles. The zero-order chi connectivity index (χ0) is 37.4. The summed E-state index contributed by atoms with van der Waals surface area (Å²) in [4.78, 5) is 12.2. The highest BCUT2D eigenvalue weighted by Crippen LogP contribution is 2.41. The molecule has 0 aromatic carbocycles. The number of likely N-dealkylation sites (N-methyl/N-ethyl adjacent to an activating group) is 1. The predicted molar refractivity (Wildman–Crippen MR) is 198 cm³/mol. The van der Waals surface area contributed by atoms with E-state index in [1.807, 2.05) is 25.2 Å². The van der Waals surface area contributed by atoms with Crippen LogP contribution in [0, 0.1) is 11.8 Å². The molecular formula is C35H57N3O10S3. The molecule has 1 aliphatic carbocycles. The number of fused-ring (bicyclic) bond motifs is 1. The summed E-state index contributed by atoms with van der Waals surface area (Å²) in [7, 11) is -6.50. The van der Waals surface area contributed by atoms with Gasteiger partial charge >= 0.3 is 5.97 Å². The molecule has 4 N–H and O–H groups in total. The van der Waals surface area contributed by atoms with Crippen molar-refractivity contribution in [3.05, 3.63) is 35.9 Å². The van der Waals surface area contributed by atoms with E-state index in [1.165, 1.54) is 10.4 Å². The summed E-state index contributed by atoms with van der Waals surface area (Å²) in [6.07, 6.45) is 13.3. The Morgan fingerprint density at radius 2 is 1.92 bits per heavy atom. The van der Waals surface area contributed by atoms with Crippen molar-refractivity contribution in [2.24, 2.45) is 16.2 Å². The van der Waals surface area contributed by atoms with E-state index in [1.54, 1.807) is 13.2 Å². The summed E-state index contributed by atoms with van der Waals surface area (Å²) >= 11 is 0.689. The van der Waals surface area contributed by atoms with Crippen LogP contribution in [0.25, 0.3) is 0 Å². The van der Waals surface area contributed by atoms with Gasteiger partial charge in [0.05, 0.1) is 24.9 Å². The lowest BCUT2D eigenvalue weighted by Crippen LogP contribution is -2.43. The Morgan fingerprint density at radius 1 is 1.14 bits per heavy atom. The number of rotatable bonds is 23. The molecule has 0 spiro atoms. The lowest BCUT2D eigenvalue weighted by atomic mass is 9.89. The van der Waals surface area contributed by atoms with Gasteiger partial charge in [-0.15, -0.1) is 11.3 Å². The van der Waals surface area contributed by atoms with E-state index in [-0.39, 0.29) is 58.8 Å². The van der Waals surface area contributed by atoms with Gasteiger partial charge in [-0.25, -0.2) is 8.42 Å². The number of allylic oxidation sites excluding steroid dienone is 2. The number of carbonyl (C=O) groups is 1. The fraction of sp³-hybridized carbons (Fsp3) is 0.714. The minimum absolute atomic E-state index is 0.00446. The molecule has 1 saturated carbocycles. The van der Waals surface area contributed by atoms with Crippen molar-refractivity contribution in [2.45, 2.75) is 117 Å². The summed E-state index contributed by atoms with van der Waals surface area (Å²) in [5.41, 5.74) is 0.419. The van der Waals surface area contributed by atoms with Crippen LogP contribution in [-0.2, 0) is 34.3 Å². The monoisotopic (exact) mass is 775 g/mol. The number of methoxy groups -OCH3 is 1. The van der Waals surface area contributed by atoms with E-state index in [0.29, 0.717) is 68.6 Å². The molecule has 0 unspecified atom stereocenters. The highest BCUT2D eigenvalue weighted by Gasteiger charge is 2.40. The maximum absolute atomic E-state index is 13.3. The summed E-state index contributed by atoms with van der Waals surface area (Å²) in [5.74, 6) is -0.804. The molecule has 1 aromatic heterocycles. The minimum Gasteiger partial charge on any atom is -0.465 e. The second-order valence-corrected chi connectivity index (χ2v) is 18.1. The first-order valence-electron chi connectivity index (χ1n) is 18.0. The Hall–Kier alpha value is -2.02. The molecule has 1 aromatic rings. The molecule has 290 valence electrons. The maximum Gasteiger partial charge on any atom is 0.305 e. The molecule has 6 atom stereocenters. The van der Waals surface area contributed by atoms with Gasteiger partial charge in [0.15, 0.2) is 0 Å². The van der Waals surface area contributed by atoms with Crippen LogP contribution in [-0.4, -0.2) is 107 Å². The van der Waals surface area contributed by atoms with E-state index >= 15 is 0 Å². The number of aliphatic hydroxyl groups is 3. The van der Waals surface area contributed by atoms with E-state index in [4.69, 9.17) is 9.47 Å². The zero-order valence-electron chi connectivity index (χ0n) is 30.1. The third-order valence-electron chi connectivity index (χ3n) is 9.12. The van der Waals surface area contributed by atoms with Crippen molar-refractivity contribution in [1.29, 1.82) is 0 Å². The highest BCUT2D eigenvalue weighted by atomic mass is 32.3. The third kappa shape index (κ3) is 13.1. The number of nitrogens with one attached hydrogen (secondary N) is 1. The Bertz CT molecular complexity index is 1530. The van der Waals surface area contributed by atoms with Crippen LogP contribution in [0.1, 0.15) is 96.1 Å². The van der Waals surface area contributed by atoms with E-state index in [0.717, 1.165) is 25.5 Å². The van der Waals surface area contributed by atoms with Gasteiger partial charge in [-0.05, 0) is 50.6 Å². The average molecular weight is 776 g/mol. The molecule has 1 fully saturated rings. The summed E-state index contributed by atoms with van der Waals surface area (Å²) < 4.78 is 67.7. The zero-order valence-corrected chi connectivity index (χ0v) is 32.5. The van der Waals surface area contributed by atoms with E-state index < -0.39 is 44.3 Å². The van der Waals surface area contributed by atoms with Gasteiger partial charge < -0.3 is 30.1 Å². The van der Waals surface area contributed by atoms with Crippen LogP contribution in [0.5, 0.6) is 0 Å². The molecule has 16 heteroatoms. The molecule has 3 rings (SSSR count). The fourth-order valence-electron chi connectivity index (χ4n) is 6.37. The first-order chi connectivity index (χ1) is 24.3. The second kappa shape index (κ2) is 21.6. The van der Waals surface area contributed by atoms with Crippen LogP contribution < -0.4 is 5.32 Å². The number of esters is 1. The van der Waals surface area contributed by atoms with Gasteiger partial charge in [0.25, 0.3) is 20.0 Å². The number of unbranched alkanes of at least 4 members (excludes halogenated alkanes) is 3. The molecule has 0 radical (unpaired) electrons. The van der Waals surface area contributed by atoms with Crippen LogP contribution in [0.15, 0.2) is 43.2 Å². The van der Waals surface area contributed by atoms with Crippen molar-refractivity contribution in [1.82, 2.24) is 9.62 Å². The number of hydrogen-bond donors (Lipinski definition) is 4. The van der Waals surface area contributed by atoms with Crippen LogP contribution >= 0.6 is 11.3 Å². The summed E-state index contributed by atoms with van der Waals surface area (Å²) in [5, 5.41) is 34.3. The normalized spacial score (nSPS) is 24.5. The van der Waals surface area contributed by atoms with Crippen LogP contribution in [0.4, 0.5) is 0 Å². The Morgan fingerprint density at radius 3 is 2.65 bits per heavy atom. The Kier molecular flexibility index (Phi) is 18.4. The minimum atomic E-state index is -4.17. The predicted octanol–water partition coefficient (Wildman–Crippen LogP) is 4.10. The number of hydrogen-bond acceptors (Lipinski definition) is 12. The number of nitrogens with zero attached hydrogens (tertiary/aromatic N) is 2. The van der Waals surface area contributed by atoms with Gasteiger partial charge in [-0.1, -0.05) is 57.4 Å². The molecule has 2 aliphatic rings. The molecule has 0 saturated heterocycles. The lowest BCUT2D eigenvalue weighted by molar-refractivity contribution is -0.143. The second-order valence-electron chi connectivity index (χ2n) is 13.1. The first-order valence-corrected chi connectivity index (χ1v) is 21.7. The topological polar surface area (TPSA) is 192 Å². The van der Waals surface area contributed by atoms with Crippen molar-refractivity contribution >= 4 is 43.6 Å². The van der Waals surface area contributed by atoms with Gasteiger partial charge in [0.2, 0.25) is 0 Å². The third-order valence-corrected chi connectivity index (χ3v) is 14.4. The van der Waals surface area contributed by atoms with Gasteiger partial charge in [-0.3, -0.25) is 4.79 Å². The first kappa shape index (κ1) is 43.4. The molecular weight excluding hydrogens is 719 g/mol. The largest absolute Gasteiger partial charge is 0.465 e.